The first-order chi connectivity index (χ1) is 13.1. The second-order valence-electron chi connectivity index (χ2n) is 8.10. The number of carbonyl (C=O) groups is 1. The second-order valence-corrected chi connectivity index (χ2v) is 8.10. The molecule has 0 saturated carbocycles. The number of nitrogens with two attached hydrogens (primary N) is 1. The Kier molecular flexibility index (Phi) is 4.05. The fraction of sp³-hybridized carbons (Fsp3) is 0.632. The molecule has 3 aliphatic rings. The summed E-state index contributed by atoms with van der Waals surface area (Å²) in [4.78, 5) is 13.8. The van der Waals surface area contributed by atoms with E-state index in [0.29, 0.717) is 18.8 Å². The molecule has 1 amide bonds. The van der Waals surface area contributed by atoms with Crippen molar-refractivity contribution in [2.45, 2.75) is 63.9 Å². The number of rotatable bonds is 3. The molecule has 144 valence electrons. The van der Waals surface area contributed by atoms with Crippen LogP contribution >= 0.6 is 0 Å². The van der Waals surface area contributed by atoms with Gasteiger partial charge in [-0.1, -0.05) is 0 Å². The van der Waals surface area contributed by atoms with Gasteiger partial charge in [0.1, 0.15) is 5.69 Å². The molecule has 0 atom stereocenters. The highest BCUT2D eigenvalue weighted by atomic mass is 16.5. The Balaban J connectivity index is 1.22. The molecule has 5 heterocycles. The van der Waals surface area contributed by atoms with Gasteiger partial charge in [0.05, 0.1) is 30.1 Å². The summed E-state index contributed by atoms with van der Waals surface area (Å²) in [6, 6.07) is 4.02. The highest BCUT2D eigenvalue weighted by molar-refractivity contribution is 5.90. The molecule has 0 aliphatic carbocycles. The van der Waals surface area contributed by atoms with Crippen molar-refractivity contribution in [2.75, 3.05) is 13.1 Å². The molecule has 1 spiro atoms. The summed E-state index contributed by atoms with van der Waals surface area (Å²) >= 11 is 0. The number of primary amides is 1. The van der Waals surface area contributed by atoms with Crippen molar-refractivity contribution in [3.63, 3.8) is 0 Å². The number of aromatic nitrogens is 4. The molecule has 1 fully saturated rings. The first-order valence-corrected chi connectivity index (χ1v) is 9.89. The Morgan fingerprint density at radius 1 is 1.11 bits per heavy atom. The minimum Gasteiger partial charge on any atom is -0.367 e. The van der Waals surface area contributed by atoms with Gasteiger partial charge in [0, 0.05) is 31.9 Å². The van der Waals surface area contributed by atoms with Crippen molar-refractivity contribution in [3.8, 4) is 0 Å². The summed E-state index contributed by atoms with van der Waals surface area (Å²) < 4.78 is 10.3. The van der Waals surface area contributed by atoms with Crippen LogP contribution in [0, 0.1) is 0 Å². The van der Waals surface area contributed by atoms with E-state index in [2.05, 4.69) is 20.7 Å². The number of fused-ring (bicyclic) bond motifs is 2. The zero-order valence-corrected chi connectivity index (χ0v) is 15.6. The van der Waals surface area contributed by atoms with Gasteiger partial charge in [-0.15, -0.1) is 0 Å². The van der Waals surface area contributed by atoms with Crippen LogP contribution in [-0.2, 0) is 37.4 Å². The average Bonchev–Trinajstić information content (AvgIpc) is 3.26. The SMILES string of the molecule is NC(=O)c1cc2n(n1)CC1(CCN(Cc3cc4n(n3)CCCC4)CC1)OC2. The van der Waals surface area contributed by atoms with Crippen LogP contribution < -0.4 is 5.73 Å². The third kappa shape index (κ3) is 3.17. The van der Waals surface area contributed by atoms with Crippen LogP contribution in [0.25, 0.3) is 0 Å². The molecule has 1 saturated heterocycles. The number of nitrogens with zero attached hydrogens (tertiary/aromatic N) is 5. The lowest BCUT2D eigenvalue weighted by molar-refractivity contribution is -0.124. The number of carbonyl (C=O) groups excluding carboxylic acids is 1. The van der Waals surface area contributed by atoms with Gasteiger partial charge in [-0.2, -0.15) is 10.2 Å². The molecular formula is C19H26N6O2. The number of piperidine rings is 1. The monoisotopic (exact) mass is 370 g/mol. The first-order valence-electron chi connectivity index (χ1n) is 9.89. The van der Waals surface area contributed by atoms with E-state index in [1.807, 2.05) is 4.68 Å². The van der Waals surface area contributed by atoms with Gasteiger partial charge in [-0.3, -0.25) is 19.1 Å². The molecule has 27 heavy (non-hydrogen) atoms. The Hall–Kier alpha value is -2.19. The second kappa shape index (κ2) is 6.45. The molecule has 0 bridgehead atoms. The molecule has 0 aromatic carbocycles. The normalized spacial score (nSPS) is 21.8. The lowest BCUT2D eigenvalue weighted by Crippen LogP contribution is -2.50. The highest BCUT2D eigenvalue weighted by Gasteiger charge is 2.40. The largest absolute Gasteiger partial charge is 0.367 e. The van der Waals surface area contributed by atoms with Gasteiger partial charge in [0.2, 0.25) is 0 Å². The lowest BCUT2D eigenvalue weighted by atomic mass is 9.90. The van der Waals surface area contributed by atoms with Crippen LogP contribution in [0.4, 0.5) is 0 Å². The summed E-state index contributed by atoms with van der Waals surface area (Å²) in [6.45, 7) is 5.14. The Bertz CT molecular complexity index is 838. The van der Waals surface area contributed by atoms with E-state index < -0.39 is 5.91 Å². The molecule has 8 heteroatoms. The molecule has 5 rings (SSSR count). The lowest BCUT2D eigenvalue weighted by Gasteiger charge is -2.43. The molecule has 3 aliphatic heterocycles. The highest BCUT2D eigenvalue weighted by Crippen LogP contribution is 2.33. The third-order valence-electron chi connectivity index (χ3n) is 6.20. The maximum Gasteiger partial charge on any atom is 0.269 e. The molecular weight excluding hydrogens is 344 g/mol. The number of likely N-dealkylation sites (tertiary alicyclic amines) is 1. The van der Waals surface area contributed by atoms with Crippen molar-refractivity contribution >= 4 is 5.91 Å². The van der Waals surface area contributed by atoms with Gasteiger partial charge in [-0.05, 0) is 44.2 Å². The summed E-state index contributed by atoms with van der Waals surface area (Å²) in [7, 11) is 0. The summed E-state index contributed by atoms with van der Waals surface area (Å²) in [5.41, 5.74) is 9.00. The van der Waals surface area contributed by atoms with E-state index in [-0.39, 0.29) is 5.60 Å². The fourth-order valence-corrected chi connectivity index (χ4v) is 4.58. The summed E-state index contributed by atoms with van der Waals surface area (Å²) in [5, 5.41) is 9.14. The van der Waals surface area contributed by atoms with Gasteiger partial charge in [0.15, 0.2) is 0 Å². The number of hydrogen-bond donors (Lipinski definition) is 1. The topological polar surface area (TPSA) is 91.2 Å². The van der Waals surface area contributed by atoms with Crippen LogP contribution in [0.15, 0.2) is 12.1 Å². The predicted molar refractivity (Wildman–Crippen MR) is 97.9 cm³/mol. The maximum atomic E-state index is 11.4. The minimum atomic E-state index is -0.483. The van der Waals surface area contributed by atoms with Crippen molar-refractivity contribution < 1.29 is 9.53 Å². The van der Waals surface area contributed by atoms with E-state index in [1.54, 1.807) is 6.07 Å². The third-order valence-corrected chi connectivity index (χ3v) is 6.20. The smallest absolute Gasteiger partial charge is 0.269 e. The van der Waals surface area contributed by atoms with Crippen molar-refractivity contribution in [3.05, 3.63) is 34.9 Å². The summed E-state index contributed by atoms with van der Waals surface area (Å²) in [5.74, 6) is -0.483. The van der Waals surface area contributed by atoms with Crippen molar-refractivity contribution in [1.82, 2.24) is 24.5 Å². The zero-order chi connectivity index (χ0) is 18.4. The van der Waals surface area contributed by atoms with E-state index in [4.69, 9.17) is 15.6 Å². The molecule has 2 aromatic heterocycles. The van der Waals surface area contributed by atoms with Gasteiger partial charge >= 0.3 is 0 Å². The first kappa shape index (κ1) is 16.9. The Morgan fingerprint density at radius 3 is 2.74 bits per heavy atom. The molecule has 2 N–H and O–H groups in total. The van der Waals surface area contributed by atoms with E-state index in [9.17, 15) is 4.79 Å². The number of hydrogen-bond acceptors (Lipinski definition) is 5. The minimum absolute atomic E-state index is 0.183. The standard InChI is InChI=1S/C19H26N6O2/c20-18(26)17-10-16-12-27-19(13-25(16)22-17)4-7-23(8-5-19)11-14-9-15-3-1-2-6-24(15)21-14/h9-10H,1-8,11-13H2,(H2,20,26). The van der Waals surface area contributed by atoms with Gasteiger partial charge in [-0.25, -0.2) is 0 Å². The maximum absolute atomic E-state index is 11.4. The van der Waals surface area contributed by atoms with Crippen LogP contribution in [0.1, 0.15) is 53.3 Å². The molecule has 8 nitrogen and oxygen atoms in total. The van der Waals surface area contributed by atoms with E-state index in [1.165, 1.54) is 24.2 Å². The van der Waals surface area contributed by atoms with Gasteiger partial charge < -0.3 is 10.5 Å². The number of ether oxygens (including phenoxy) is 1. The van der Waals surface area contributed by atoms with Gasteiger partial charge in [0.25, 0.3) is 5.91 Å². The van der Waals surface area contributed by atoms with Crippen LogP contribution in [0.2, 0.25) is 0 Å². The van der Waals surface area contributed by atoms with Crippen LogP contribution in [-0.4, -0.2) is 49.1 Å². The fourth-order valence-electron chi connectivity index (χ4n) is 4.58. The molecule has 0 unspecified atom stereocenters. The van der Waals surface area contributed by atoms with E-state index in [0.717, 1.165) is 51.1 Å². The number of amides is 1. The Morgan fingerprint density at radius 2 is 1.96 bits per heavy atom. The van der Waals surface area contributed by atoms with E-state index >= 15 is 0 Å². The average molecular weight is 370 g/mol. The quantitative estimate of drug-likeness (QED) is 0.873. The number of aryl methyl sites for hydroxylation is 2. The summed E-state index contributed by atoms with van der Waals surface area (Å²) in [6.07, 6.45) is 5.60. The van der Waals surface area contributed by atoms with Crippen LogP contribution in [0.3, 0.4) is 0 Å². The van der Waals surface area contributed by atoms with Crippen molar-refractivity contribution in [2.24, 2.45) is 5.73 Å². The van der Waals surface area contributed by atoms with Crippen LogP contribution in [0.5, 0.6) is 0 Å². The predicted octanol–water partition coefficient (Wildman–Crippen LogP) is 1.08. The molecule has 2 aromatic rings. The molecule has 0 radical (unpaired) electrons. The zero-order valence-electron chi connectivity index (χ0n) is 15.6. The Labute approximate surface area is 158 Å². The van der Waals surface area contributed by atoms with Crippen molar-refractivity contribution in [1.29, 1.82) is 0 Å².